The first-order valence-corrected chi connectivity index (χ1v) is 8.25. The number of rotatable bonds is 7. The molecule has 0 unspecified atom stereocenters. The highest BCUT2D eigenvalue weighted by molar-refractivity contribution is 5.17. The van der Waals surface area contributed by atoms with Crippen molar-refractivity contribution in [1.82, 2.24) is 9.80 Å². The molecule has 1 fully saturated rings. The number of benzene rings is 1. The lowest BCUT2D eigenvalue weighted by Crippen LogP contribution is -2.45. The van der Waals surface area contributed by atoms with Crippen LogP contribution in [0, 0.1) is 5.41 Å². The van der Waals surface area contributed by atoms with E-state index in [1.165, 1.54) is 51.0 Å². The third-order valence-electron chi connectivity index (χ3n) is 4.85. The van der Waals surface area contributed by atoms with Gasteiger partial charge in [-0.25, -0.2) is 0 Å². The van der Waals surface area contributed by atoms with Crippen molar-refractivity contribution in [3.8, 4) is 0 Å². The van der Waals surface area contributed by atoms with Crippen molar-refractivity contribution in [3.63, 3.8) is 0 Å². The van der Waals surface area contributed by atoms with E-state index in [0.717, 1.165) is 13.0 Å². The lowest BCUT2D eigenvalue weighted by Gasteiger charge is -2.41. The Morgan fingerprint density at radius 1 is 1.14 bits per heavy atom. The van der Waals surface area contributed by atoms with Crippen LogP contribution in [0.5, 0.6) is 0 Å². The summed E-state index contributed by atoms with van der Waals surface area (Å²) in [6.07, 6.45) is 4.87. The van der Waals surface area contributed by atoms with Gasteiger partial charge in [0.05, 0.1) is 0 Å². The van der Waals surface area contributed by atoms with E-state index >= 15 is 0 Å². The Hall–Kier alpha value is -0.900. The van der Waals surface area contributed by atoms with Crippen LogP contribution in [0.15, 0.2) is 30.3 Å². The van der Waals surface area contributed by atoms with E-state index in [1.807, 2.05) is 0 Å². The Labute approximate surface area is 130 Å². The molecular weight excluding hydrogens is 258 g/mol. The van der Waals surface area contributed by atoms with Crippen LogP contribution in [-0.2, 0) is 6.42 Å². The SMILES string of the molecule is CN(C)CCCN1CCC(CN)(Cc2ccccc2)CC1. The lowest BCUT2D eigenvalue weighted by atomic mass is 9.74. The lowest BCUT2D eigenvalue weighted by molar-refractivity contribution is 0.107. The van der Waals surface area contributed by atoms with Gasteiger partial charge < -0.3 is 15.5 Å². The molecule has 0 amide bonds. The molecule has 2 N–H and O–H groups in total. The summed E-state index contributed by atoms with van der Waals surface area (Å²) >= 11 is 0. The van der Waals surface area contributed by atoms with Gasteiger partial charge >= 0.3 is 0 Å². The Morgan fingerprint density at radius 2 is 1.81 bits per heavy atom. The molecule has 1 heterocycles. The molecule has 0 saturated carbocycles. The Kier molecular flexibility index (Phi) is 6.22. The molecule has 0 spiro atoms. The highest BCUT2D eigenvalue weighted by Gasteiger charge is 2.33. The summed E-state index contributed by atoms with van der Waals surface area (Å²) in [5.74, 6) is 0. The quantitative estimate of drug-likeness (QED) is 0.835. The number of nitrogens with two attached hydrogens (primary N) is 1. The van der Waals surface area contributed by atoms with Gasteiger partial charge in [-0.3, -0.25) is 0 Å². The molecule has 21 heavy (non-hydrogen) atoms. The summed E-state index contributed by atoms with van der Waals surface area (Å²) in [4.78, 5) is 4.88. The average Bonchev–Trinajstić information content (AvgIpc) is 2.50. The van der Waals surface area contributed by atoms with Crippen LogP contribution >= 0.6 is 0 Å². The first kappa shape index (κ1) is 16.5. The zero-order valence-electron chi connectivity index (χ0n) is 13.7. The fourth-order valence-corrected chi connectivity index (χ4v) is 3.34. The molecule has 1 aliphatic rings. The highest BCUT2D eigenvalue weighted by Crippen LogP contribution is 2.34. The minimum Gasteiger partial charge on any atom is -0.330 e. The maximum Gasteiger partial charge on any atom is -0.000654 e. The van der Waals surface area contributed by atoms with E-state index < -0.39 is 0 Å². The van der Waals surface area contributed by atoms with E-state index in [9.17, 15) is 0 Å². The smallest absolute Gasteiger partial charge is 0.000654 e. The molecule has 3 nitrogen and oxygen atoms in total. The molecule has 0 atom stereocenters. The fraction of sp³-hybridized carbons (Fsp3) is 0.667. The third-order valence-corrected chi connectivity index (χ3v) is 4.85. The van der Waals surface area contributed by atoms with E-state index in [-0.39, 0.29) is 0 Å². The van der Waals surface area contributed by atoms with E-state index in [0.29, 0.717) is 5.41 Å². The number of likely N-dealkylation sites (tertiary alicyclic amines) is 1. The minimum atomic E-state index is 0.319. The van der Waals surface area contributed by atoms with Gasteiger partial charge in [0.1, 0.15) is 0 Å². The summed E-state index contributed by atoms with van der Waals surface area (Å²) < 4.78 is 0. The van der Waals surface area contributed by atoms with E-state index in [1.54, 1.807) is 0 Å². The summed E-state index contributed by atoms with van der Waals surface area (Å²) in [5, 5.41) is 0. The molecule has 0 aliphatic carbocycles. The molecule has 2 rings (SSSR count). The van der Waals surface area contributed by atoms with Crippen LogP contribution in [0.1, 0.15) is 24.8 Å². The van der Waals surface area contributed by atoms with Crippen molar-refractivity contribution in [2.75, 3.05) is 46.8 Å². The predicted molar refractivity (Wildman–Crippen MR) is 90.5 cm³/mol. The molecule has 118 valence electrons. The van der Waals surface area contributed by atoms with Crippen LogP contribution in [0.2, 0.25) is 0 Å². The maximum atomic E-state index is 6.15. The predicted octanol–water partition coefficient (Wildman–Crippen LogP) is 2.22. The first-order valence-electron chi connectivity index (χ1n) is 8.25. The van der Waals surface area contributed by atoms with Gasteiger partial charge in [-0.15, -0.1) is 0 Å². The van der Waals surface area contributed by atoms with Crippen molar-refractivity contribution in [2.45, 2.75) is 25.7 Å². The molecule has 1 saturated heterocycles. The second-order valence-corrected chi connectivity index (χ2v) is 6.86. The van der Waals surface area contributed by atoms with Gasteiger partial charge in [-0.05, 0) is 83.5 Å². The first-order chi connectivity index (χ1) is 10.1. The molecule has 1 aliphatic heterocycles. The largest absolute Gasteiger partial charge is 0.330 e. The summed E-state index contributed by atoms with van der Waals surface area (Å²) in [7, 11) is 4.30. The zero-order valence-corrected chi connectivity index (χ0v) is 13.7. The van der Waals surface area contributed by atoms with E-state index in [4.69, 9.17) is 5.73 Å². The zero-order chi connectivity index (χ0) is 15.1. The van der Waals surface area contributed by atoms with Crippen LogP contribution < -0.4 is 5.73 Å². The van der Waals surface area contributed by atoms with Crippen LogP contribution in [0.4, 0.5) is 0 Å². The number of hydrogen-bond donors (Lipinski definition) is 1. The normalized spacial score (nSPS) is 19.0. The highest BCUT2D eigenvalue weighted by atomic mass is 15.1. The molecule has 0 bridgehead atoms. The van der Waals surface area contributed by atoms with Crippen molar-refractivity contribution < 1.29 is 0 Å². The number of nitrogens with zero attached hydrogens (tertiary/aromatic N) is 2. The molecule has 0 radical (unpaired) electrons. The average molecular weight is 289 g/mol. The summed E-state index contributed by atoms with van der Waals surface area (Å²) in [6, 6.07) is 10.8. The van der Waals surface area contributed by atoms with Crippen LogP contribution in [0.3, 0.4) is 0 Å². The van der Waals surface area contributed by atoms with Gasteiger partial charge in [0, 0.05) is 0 Å². The number of hydrogen-bond acceptors (Lipinski definition) is 3. The second kappa shape index (κ2) is 7.92. The van der Waals surface area contributed by atoms with Crippen molar-refractivity contribution >= 4 is 0 Å². The molecular formula is C18H31N3. The van der Waals surface area contributed by atoms with Gasteiger partial charge in [-0.1, -0.05) is 30.3 Å². The molecule has 1 aromatic rings. The van der Waals surface area contributed by atoms with Crippen molar-refractivity contribution in [3.05, 3.63) is 35.9 Å². The minimum absolute atomic E-state index is 0.319. The second-order valence-electron chi connectivity index (χ2n) is 6.86. The fourth-order valence-electron chi connectivity index (χ4n) is 3.34. The van der Waals surface area contributed by atoms with Crippen LogP contribution in [-0.4, -0.2) is 56.6 Å². The van der Waals surface area contributed by atoms with Gasteiger partial charge in [0.2, 0.25) is 0 Å². The van der Waals surface area contributed by atoms with Crippen LogP contribution in [0.25, 0.3) is 0 Å². The summed E-state index contributed by atoms with van der Waals surface area (Å²) in [5.41, 5.74) is 7.90. The molecule has 3 heteroatoms. The molecule has 1 aromatic carbocycles. The van der Waals surface area contributed by atoms with Gasteiger partial charge in [0.15, 0.2) is 0 Å². The van der Waals surface area contributed by atoms with Gasteiger partial charge in [0.25, 0.3) is 0 Å². The maximum absolute atomic E-state index is 6.15. The number of piperidine rings is 1. The third kappa shape index (κ3) is 5.10. The topological polar surface area (TPSA) is 32.5 Å². The molecule has 0 aromatic heterocycles. The van der Waals surface area contributed by atoms with Crippen molar-refractivity contribution in [2.24, 2.45) is 11.1 Å². The van der Waals surface area contributed by atoms with Gasteiger partial charge in [-0.2, -0.15) is 0 Å². The standard InChI is InChI=1S/C18H31N3/c1-20(2)11-6-12-21-13-9-18(16-19,10-14-21)15-17-7-4-3-5-8-17/h3-5,7-8H,6,9-16,19H2,1-2H3. The Bertz CT molecular complexity index is 394. The van der Waals surface area contributed by atoms with E-state index in [2.05, 4.69) is 54.2 Å². The Morgan fingerprint density at radius 3 is 2.38 bits per heavy atom. The summed E-state index contributed by atoms with van der Waals surface area (Å²) in [6.45, 7) is 5.63. The monoisotopic (exact) mass is 289 g/mol. The van der Waals surface area contributed by atoms with Crippen molar-refractivity contribution in [1.29, 1.82) is 0 Å². The Balaban J connectivity index is 1.82.